The monoisotopic (exact) mass is 517 g/mol. The first kappa shape index (κ1) is 24.8. The van der Waals surface area contributed by atoms with Gasteiger partial charge in [-0.25, -0.2) is 8.42 Å². The minimum atomic E-state index is -3.67. The highest BCUT2D eigenvalue weighted by Gasteiger charge is 2.28. The molecule has 0 saturated carbocycles. The Labute approximate surface area is 215 Å². The van der Waals surface area contributed by atoms with E-state index < -0.39 is 10.0 Å². The van der Waals surface area contributed by atoms with Crippen LogP contribution in [0.1, 0.15) is 11.1 Å². The molecule has 0 unspecified atom stereocenters. The van der Waals surface area contributed by atoms with Gasteiger partial charge in [-0.05, 0) is 36.2 Å². The fourth-order valence-corrected chi connectivity index (χ4v) is 6.06. The molecule has 4 aromatic rings. The molecule has 1 aliphatic rings. The van der Waals surface area contributed by atoms with Gasteiger partial charge in [-0.15, -0.1) is 10.2 Å². The lowest BCUT2D eigenvalue weighted by molar-refractivity contribution is -0.117. The molecular weight excluding hydrogens is 490 g/mol. The van der Waals surface area contributed by atoms with Gasteiger partial charge in [0.1, 0.15) is 5.69 Å². The summed E-state index contributed by atoms with van der Waals surface area (Å²) < 4.78 is 33.6. The zero-order valence-electron chi connectivity index (χ0n) is 20.3. The maximum absolute atomic E-state index is 13.4. The number of aromatic nitrogens is 2. The number of fused-ring (bicyclic) bond motifs is 1. The average molecular weight is 518 g/mol. The molecule has 0 radical (unpaired) electrons. The molecule has 9 nitrogen and oxygen atoms in total. The fraction of sp³-hybridized carbons (Fsp3) is 0.222. The number of anilines is 2. The van der Waals surface area contributed by atoms with E-state index in [0.29, 0.717) is 48.9 Å². The lowest BCUT2D eigenvalue weighted by atomic mass is 10.0. The van der Waals surface area contributed by atoms with Crippen LogP contribution in [0, 0.1) is 6.92 Å². The van der Waals surface area contributed by atoms with Gasteiger partial charge in [-0.1, -0.05) is 48.5 Å². The third kappa shape index (κ3) is 5.17. The molecule has 1 aromatic heterocycles. The van der Waals surface area contributed by atoms with Crippen LogP contribution in [0.2, 0.25) is 0 Å². The number of hydrogen-bond donors (Lipinski definition) is 2. The van der Waals surface area contributed by atoms with Gasteiger partial charge >= 0.3 is 0 Å². The quantitative estimate of drug-likeness (QED) is 0.385. The molecule has 190 valence electrons. The Hall–Kier alpha value is -3.86. The van der Waals surface area contributed by atoms with Crippen molar-refractivity contribution in [2.75, 3.05) is 31.6 Å². The van der Waals surface area contributed by atoms with Crippen LogP contribution in [0.25, 0.3) is 22.0 Å². The van der Waals surface area contributed by atoms with Gasteiger partial charge in [0.15, 0.2) is 5.82 Å². The summed E-state index contributed by atoms with van der Waals surface area (Å²) in [5.41, 5.74) is 8.82. The van der Waals surface area contributed by atoms with Crippen molar-refractivity contribution in [2.24, 2.45) is 5.73 Å². The van der Waals surface area contributed by atoms with Crippen LogP contribution in [-0.2, 0) is 26.0 Å². The summed E-state index contributed by atoms with van der Waals surface area (Å²) in [6, 6.07) is 20.4. The number of nitrogens with zero attached hydrogens (tertiary/aromatic N) is 3. The van der Waals surface area contributed by atoms with Crippen molar-refractivity contribution in [2.45, 2.75) is 18.2 Å². The number of morpholine rings is 1. The average Bonchev–Trinajstić information content (AvgIpc) is 2.90. The molecule has 5 rings (SSSR count). The number of nitrogens with one attached hydrogen (secondary N) is 1. The molecule has 0 bridgehead atoms. The highest BCUT2D eigenvalue weighted by molar-refractivity contribution is 7.89. The number of aryl methyl sites for hydroxylation is 1. The van der Waals surface area contributed by atoms with Crippen LogP contribution in [-0.4, -0.2) is 55.1 Å². The van der Waals surface area contributed by atoms with Crippen LogP contribution in [0.4, 0.5) is 11.5 Å². The van der Waals surface area contributed by atoms with Crippen molar-refractivity contribution < 1.29 is 17.9 Å². The van der Waals surface area contributed by atoms with Crippen LogP contribution < -0.4 is 11.1 Å². The topological polar surface area (TPSA) is 128 Å². The number of carbonyl (C=O) groups is 1. The Balaban J connectivity index is 1.51. The van der Waals surface area contributed by atoms with E-state index in [0.717, 1.165) is 22.0 Å². The first-order valence-corrected chi connectivity index (χ1v) is 13.4. The number of benzene rings is 3. The first-order valence-electron chi connectivity index (χ1n) is 11.9. The van der Waals surface area contributed by atoms with E-state index in [1.807, 2.05) is 54.6 Å². The molecule has 0 atom stereocenters. The molecule has 3 aromatic carbocycles. The van der Waals surface area contributed by atoms with E-state index in [1.165, 1.54) is 4.31 Å². The SMILES string of the molecule is Cc1ccc(-c2nnc(Nc3ccc(CC(N)=O)cc3)c3ccccc23)cc1S(=O)(=O)N1CCOCC1. The van der Waals surface area contributed by atoms with Crippen molar-refractivity contribution in [1.29, 1.82) is 0 Å². The number of ether oxygens (including phenoxy) is 1. The summed E-state index contributed by atoms with van der Waals surface area (Å²) in [5, 5.41) is 13.9. The van der Waals surface area contributed by atoms with E-state index in [-0.39, 0.29) is 17.2 Å². The number of primary amides is 1. The number of sulfonamides is 1. The summed E-state index contributed by atoms with van der Waals surface area (Å²) in [6.45, 7) is 3.23. The second-order valence-corrected chi connectivity index (χ2v) is 10.8. The Morgan fingerprint density at radius 2 is 1.70 bits per heavy atom. The van der Waals surface area contributed by atoms with E-state index in [4.69, 9.17) is 10.5 Å². The van der Waals surface area contributed by atoms with Crippen molar-refractivity contribution in [3.63, 3.8) is 0 Å². The summed E-state index contributed by atoms with van der Waals surface area (Å²) in [4.78, 5) is 11.4. The van der Waals surface area contributed by atoms with Crippen molar-refractivity contribution in [1.82, 2.24) is 14.5 Å². The molecule has 0 spiro atoms. The molecule has 2 heterocycles. The second-order valence-electron chi connectivity index (χ2n) is 8.90. The van der Waals surface area contributed by atoms with Crippen LogP contribution in [0.3, 0.4) is 0 Å². The molecule has 1 amide bonds. The molecule has 1 saturated heterocycles. The maximum Gasteiger partial charge on any atom is 0.243 e. The minimum absolute atomic E-state index is 0.178. The summed E-state index contributed by atoms with van der Waals surface area (Å²) >= 11 is 0. The Kier molecular flexibility index (Phi) is 6.88. The Morgan fingerprint density at radius 3 is 2.41 bits per heavy atom. The van der Waals surface area contributed by atoms with Gasteiger partial charge in [0, 0.05) is 35.1 Å². The Morgan fingerprint density at radius 1 is 1.00 bits per heavy atom. The molecule has 37 heavy (non-hydrogen) atoms. The predicted octanol–water partition coefficient (Wildman–Crippen LogP) is 3.40. The summed E-state index contributed by atoms with van der Waals surface area (Å²) in [6.07, 6.45) is 0.178. The van der Waals surface area contributed by atoms with Crippen molar-refractivity contribution in [3.05, 3.63) is 77.9 Å². The number of carbonyl (C=O) groups excluding carboxylic acids is 1. The van der Waals surface area contributed by atoms with E-state index in [1.54, 1.807) is 19.1 Å². The molecule has 0 aliphatic carbocycles. The lowest BCUT2D eigenvalue weighted by Crippen LogP contribution is -2.40. The van der Waals surface area contributed by atoms with Crippen LogP contribution >= 0.6 is 0 Å². The van der Waals surface area contributed by atoms with Gasteiger partial charge in [-0.2, -0.15) is 4.31 Å². The second kappa shape index (κ2) is 10.3. The number of rotatable bonds is 7. The molecule has 10 heteroatoms. The smallest absolute Gasteiger partial charge is 0.243 e. The van der Waals surface area contributed by atoms with Crippen LogP contribution in [0.5, 0.6) is 0 Å². The minimum Gasteiger partial charge on any atom is -0.379 e. The molecule has 1 fully saturated rings. The maximum atomic E-state index is 13.4. The third-order valence-corrected chi connectivity index (χ3v) is 8.37. The van der Waals surface area contributed by atoms with Gasteiger partial charge < -0.3 is 15.8 Å². The molecular formula is C27H27N5O4S. The number of hydrogen-bond acceptors (Lipinski definition) is 7. The summed E-state index contributed by atoms with van der Waals surface area (Å²) in [5.74, 6) is 0.181. The molecule has 3 N–H and O–H groups in total. The summed E-state index contributed by atoms with van der Waals surface area (Å²) in [7, 11) is -3.67. The van der Waals surface area contributed by atoms with E-state index >= 15 is 0 Å². The zero-order valence-corrected chi connectivity index (χ0v) is 21.2. The highest BCUT2D eigenvalue weighted by Crippen LogP contribution is 2.33. The highest BCUT2D eigenvalue weighted by atomic mass is 32.2. The first-order chi connectivity index (χ1) is 17.8. The standard InChI is InChI=1S/C27H27N5O4S/c1-18-6-9-20(17-24(18)37(34,35)32-12-14-36-15-13-32)26-22-4-2-3-5-23(22)27(31-30-26)29-21-10-7-19(8-11-21)16-25(28)33/h2-11,17H,12-16H2,1H3,(H2,28,33)(H,29,31). The van der Waals surface area contributed by atoms with Gasteiger partial charge in [0.2, 0.25) is 15.9 Å². The number of nitrogens with two attached hydrogens (primary N) is 1. The Bertz CT molecular complexity index is 1570. The van der Waals surface area contributed by atoms with Crippen molar-refractivity contribution in [3.8, 4) is 11.3 Å². The third-order valence-electron chi connectivity index (χ3n) is 6.33. The lowest BCUT2D eigenvalue weighted by Gasteiger charge is -2.26. The van der Waals surface area contributed by atoms with Gasteiger partial charge in [-0.3, -0.25) is 4.79 Å². The zero-order chi connectivity index (χ0) is 26.0. The van der Waals surface area contributed by atoms with E-state index in [9.17, 15) is 13.2 Å². The van der Waals surface area contributed by atoms with Gasteiger partial charge in [0.05, 0.1) is 24.5 Å². The van der Waals surface area contributed by atoms with Gasteiger partial charge in [0.25, 0.3) is 0 Å². The fourth-order valence-electron chi connectivity index (χ4n) is 4.40. The van der Waals surface area contributed by atoms with Crippen LogP contribution in [0.15, 0.2) is 71.6 Å². The predicted molar refractivity (Wildman–Crippen MR) is 142 cm³/mol. The number of amides is 1. The normalized spacial score (nSPS) is 14.5. The largest absolute Gasteiger partial charge is 0.379 e. The molecule has 1 aliphatic heterocycles. The van der Waals surface area contributed by atoms with Crippen molar-refractivity contribution >= 4 is 38.2 Å². The van der Waals surface area contributed by atoms with E-state index in [2.05, 4.69) is 15.5 Å².